The Kier molecular flexibility index (Phi) is 3.61. The second-order valence-corrected chi connectivity index (χ2v) is 5.28. The van der Waals surface area contributed by atoms with Gasteiger partial charge in [-0.1, -0.05) is 41.9 Å². The van der Waals surface area contributed by atoms with Crippen molar-refractivity contribution in [2.45, 2.75) is 0 Å². The van der Waals surface area contributed by atoms with Gasteiger partial charge in [-0.05, 0) is 29.7 Å². The Morgan fingerprint density at radius 3 is 2.68 bits per heavy atom. The summed E-state index contributed by atoms with van der Waals surface area (Å²) in [5.41, 5.74) is 6.76. The van der Waals surface area contributed by atoms with Crippen molar-refractivity contribution in [3.8, 4) is 5.75 Å². The highest BCUT2D eigenvalue weighted by Gasteiger charge is 2.15. The fourth-order valence-electron chi connectivity index (χ4n) is 2.27. The molecule has 3 aromatic rings. The molecule has 1 amide bonds. The number of anilines is 2. The van der Waals surface area contributed by atoms with E-state index in [-0.39, 0.29) is 11.3 Å². The summed E-state index contributed by atoms with van der Waals surface area (Å²) in [6.07, 6.45) is 0. The first-order chi connectivity index (χ1) is 10.6. The van der Waals surface area contributed by atoms with Gasteiger partial charge in [-0.15, -0.1) is 0 Å². The number of nitrogens with two attached hydrogens (primary N) is 1. The number of hydrogen-bond acceptors (Lipinski definition) is 3. The van der Waals surface area contributed by atoms with E-state index >= 15 is 0 Å². The first-order valence-corrected chi connectivity index (χ1v) is 7.01. The zero-order chi connectivity index (χ0) is 15.7. The van der Waals surface area contributed by atoms with Gasteiger partial charge in [-0.25, -0.2) is 0 Å². The van der Waals surface area contributed by atoms with E-state index < -0.39 is 5.91 Å². The third-order valence-electron chi connectivity index (χ3n) is 3.38. The first kappa shape index (κ1) is 14.2. The topological polar surface area (TPSA) is 75.3 Å². The summed E-state index contributed by atoms with van der Waals surface area (Å²) in [6, 6.07) is 15.5. The van der Waals surface area contributed by atoms with Gasteiger partial charge in [0.05, 0.1) is 16.3 Å². The van der Waals surface area contributed by atoms with E-state index in [0.29, 0.717) is 21.8 Å². The maximum Gasteiger partial charge on any atom is 0.259 e. The van der Waals surface area contributed by atoms with Gasteiger partial charge in [-0.2, -0.15) is 0 Å². The van der Waals surface area contributed by atoms with Crippen LogP contribution in [0.15, 0.2) is 54.6 Å². The van der Waals surface area contributed by atoms with E-state index in [9.17, 15) is 9.90 Å². The summed E-state index contributed by atoms with van der Waals surface area (Å²) in [5, 5.41) is 14.8. The smallest absolute Gasteiger partial charge is 0.259 e. The number of fused-ring (bicyclic) bond motifs is 1. The Balaban J connectivity index is 1.99. The molecular formula is C17H13ClN2O2. The zero-order valence-corrected chi connectivity index (χ0v) is 12.3. The lowest BCUT2D eigenvalue weighted by atomic mass is 10.0. The summed E-state index contributed by atoms with van der Waals surface area (Å²) in [7, 11) is 0. The molecule has 0 aliphatic heterocycles. The van der Waals surface area contributed by atoms with Crippen molar-refractivity contribution >= 4 is 39.7 Å². The number of carbonyl (C=O) groups is 1. The fourth-order valence-corrected chi connectivity index (χ4v) is 2.43. The van der Waals surface area contributed by atoms with E-state index in [1.165, 1.54) is 0 Å². The molecule has 3 rings (SSSR count). The molecule has 0 radical (unpaired) electrons. The standard InChI is InChI=1S/C17H13ClN2O2/c18-14-8-6-11(19)9-15(14)20-17(22)13-7-5-10-3-1-2-4-12(10)16(13)21/h1-9,21H,19H2,(H,20,22). The Morgan fingerprint density at radius 1 is 1.09 bits per heavy atom. The molecule has 5 heteroatoms. The Bertz CT molecular complexity index is 878. The van der Waals surface area contributed by atoms with Crippen LogP contribution in [0.1, 0.15) is 10.4 Å². The highest BCUT2D eigenvalue weighted by Crippen LogP contribution is 2.30. The highest BCUT2D eigenvalue weighted by molar-refractivity contribution is 6.34. The molecule has 0 atom stereocenters. The largest absolute Gasteiger partial charge is 0.506 e. The van der Waals surface area contributed by atoms with Crippen LogP contribution in [0, 0.1) is 0 Å². The lowest BCUT2D eigenvalue weighted by molar-refractivity contribution is 0.102. The van der Waals surface area contributed by atoms with Crippen molar-refractivity contribution < 1.29 is 9.90 Å². The Labute approximate surface area is 132 Å². The Hall–Kier alpha value is -2.72. The van der Waals surface area contributed by atoms with Crippen LogP contribution in [0.25, 0.3) is 10.8 Å². The van der Waals surface area contributed by atoms with Gasteiger partial charge in [0, 0.05) is 11.1 Å². The fraction of sp³-hybridized carbons (Fsp3) is 0. The van der Waals surface area contributed by atoms with Crippen LogP contribution in [0.2, 0.25) is 5.02 Å². The van der Waals surface area contributed by atoms with Crippen molar-refractivity contribution in [2.75, 3.05) is 11.1 Å². The number of aromatic hydroxyl groups is 1. The molecule has 0 saturated heterocycles. The number of hydrogen-bond donors (Lipinski definition) is 3. The lowest BCUT2D eigenvalue weighted by Gasteiger charge is -2.10. The number of halogens is 1. The molecule has 0 unspecified atom stereocenters. The number of benzene rings is 3. The van der Waals surface area contributed by atoms with Crippen LogP contribution in [-0.2, 0) is 0 Å². The normalized spacial score (nSPS) is 10.6. The lowest BCUT2D eigenvalue weighted by Crippen LogP contribution is -2.12. The molecule has 4 N–H and O–H groups in total. The van der Waals surface area contributed by atoms with Gasteiger partial charge in [0.25, 0.3) is 5.91 Å². The molecule has 0 aliphatic rings. The molecular weight excluding hydrogens is 300 g/mol. The third kappa shape index (κ3) is 2.56. The maximum atomic E-state index is 12.4. The monoisotopic (exact) mass is 312 g/mol. The number of nitrogen functional groups attached to an aromatic ring is 1. The number of phenols is 1. The van der Waals surface area contributed by atoms with Crippen LogP contribution in [0.4, 0.5) is 11.4 Å². The number of rotatable bonds is 2. The quantitative estimate of drug-likeness (QED) is 0.625. The number of amides is 1. The molecule has 0 bridgehead atoms. The summed E-state index contributed by atoms with van der Waals surface area (Å²) in [4.78, 5) is 12.4. The van der Waals surface area contributed by atoms with E-state index in [1.54, 1.807) is 42.5 Å². The molecule has 0 heterocycles. The number of phenolic OH excluding ortho intramolecular Hbond substituents is 1. The van der Waals surface area contributed by atoms with Gasteiger partial charge < -0.3 is 16.2 Å². The molecule has 0 spiro atoms. The van der Waals surface area contributed by atoms with Crippen LogP contribution in [-0.4, -0.2) is 11.0 Å². The van der Waals surface area contributed by atoms with E-state index in [2.05, 4.69) is 5.32 Å². The summed E-state index contributed by atoms with van der Waals surface area (Å²) in [5.74, 6) is -0.508. The predicted molar refractivity (Wildman–Crippen MR) is 89.4 cm³/mol. The maximum absolute atomic E-state index is 12.4. The van der Waals surface area contributed by atoms with Gasteiger partial charge in [-0.3, -0.25) is 4.79 Å². The average Bonchev–Trinajstić information content (AvgIpc) is 2.51. The van der Waals surface area contributed by atoms with Gasteiger partial charge in [0.2, 0.25) is 0 Å². The first-order valence-electron chi connectivity index (χ1n) is 6.63. The average molecular weight is 313 g/mol. The minimum atomic E-state index is -0.448. The molecule has 3 aromatic carbocycles. The van der Waals surface area contributed by atoms with Crippen LogP contribution >= 0.6 is 11.6 Å². The van der Waals surface area contributed by atoms with Gasteiger partial charge in [0.1, 0.15) is 5.75 Å². The van der Waals surface area contributed by atoms with E-state index in [1.807, 2.05) is 12.1 Å². The van der Waals surface area contributed by atoms with Crippen LogP contribution < -0.4 is 11.1 Å². The molecule has 110 valence electrons. The van der Waals surface area contributed by atoms with E-state index in [0.717, 1.165) is 5.39 Å². The SMILES string of the molecule is Nc1ccc(Cl)c(NC(=O)c2ccc3ccccc3c2O)c1. The summed E-state index contributed by atoms with van der Waals surface area (Å²) in [6.45, 7) is 0. The highest BCUT2D eigenvalue weighted by atomic mass is 35.5. The molecule has 0 aliphatic carbocycles. The molecule has 0 saturated carbocycles. The minimum Gasteiger partial charge on any atom is -0.506 e. The second-order valence-electron chi connectivity index (χ2n) is 4.88. The van der Waals surface area contributed by atoms with E-state index in [4.69, 9.17) is 17.3 Å². The van der Waals surface area contributed by atoms with Crippen molar-refractivity contribution in [1.29, 1.82) is 0 Å². The molecule has 0 fully saturated rings. The van der Waals surface area contributed by atoms with Crippen molar-refractivity contribution in [3.63, 3.8) is 0 Å². The van der Waals surface area contributed by atoms with Crippen LogP contribution in [0.5, 0.6) is 5.75 Å². The third-order valence-corrected chi connectivity index (χ3v) is 3.71. The summed E-state index contributed by atoms with van der Waals surface area (Å²) < 4.78 is 0. The van der Waals surface area contributed by atoms with Crippen molar-refractivity contribution in [2.24, 2.45) is 0 Å². The molecule has 0 aromatic heterocycles. The minimum absolute atomic E-state index is 0.0596. The number of nitrogens with one attached hydrogen (secondary N) is 1. The predicted octanol–water partition coefficient (Wildman–Crippen LogP) is 4.03. The molecule has 22 heavy (non-hydrogen) atoms. The van der Waals surface area contributed by atoms with Crippen molar-refractivity contribution in [1.82, 2.24) is 0 Å². The molecule has 4 nitrogen and oxygen atoms in total. The van der Waals surface area contributed by atoms with Gasteiger partial charge in [0.15, 0.2) is 0 Å². The second kappa shape index (κ2) is 5.58. The van der Waals surface area contributed by atoms with Gasteiger partial charge >= 0.3 is 0 Å². The summed E-state index contributed by atoms with van der Waals surface area (Å²) >= 11 is 6.03. The number of carbonyl (C=O) groups excluding carboxylic acids is 1. The Morgan fingerprint density at radius 2 is 1.86 bits per heavy atom. The zero-order valence-electron chi connectivity index (χ0n) is 11.5. The van der Waals surface area contributed by atoms with Crippen molar-refractivity contribution in [3.05, 3.63) is 65.2 Å². The van der Waals surface area contributed by atoms with Crippen LogP contribution in [0.3, 0.4) is 0 Å².